The van der Waals surface area contributed by atoms with Gasteiger partial charge in [0.25, 0.3) is 0 Å². The van der Waals surface area contributed by atoms with Crippen LogP contribution in [0.5, 0.6) is 11.5 Å². The summed E-state index contributed by atoms with van der Waals surface area (Å²) in [6, 6.07) is 28.6. The van der Waals surface area contributed by atoms with Crippen LogP contribution in [0.4, 0.5) is 4.79 Å². The van der Waals surface area contributed by atoms with Gasteiger partial charge in [-0.05, 0) is 48.2 Å². The van der Waals surface area contributed by atoms with Crippen LogP contribution < -0.4 is 4.74 Å². The van der Waals surface area contributed by atoms with Crippen molar-refractivity contribution in [2.45, 2.75) is 31.5 Å². The van der Waals surface area contributed by atoms with E-state index in [9.17, 15) is 4.79 Å². The zero-order valence-corrected chi connectivity index (χ0v) is 18.1. The fourth-order valence-corrected chi connectivity index (χ4v) is 4.71. The summed E-state index contributed by atoms with van der Waals surface area (Å²) in [4.78, 5) is 16.9. The summed E-state index contributed by atoms with van der Waals surface area (Å²) in [5.74, 6) is 1.70. The minimum atomic E-state index is -0.178. The minimum Gasteiger partial charge on any atom is -0.457 e. The van der Waals surface area contributed by atoms with E-state index >= 15 is 0 Å². The number of carbonyl (C=O) groups is 1. The average Bonchev–Trinajstić information content (AvgIpc) is 3.22. The van der Waals surface area contributed by atoms with Crippen LogP contribution in [0.15, 0.2) is 84.9 Å². The first-order valence-corrected chi connectivity index (χ1v) is 11.3. The molecule has 1 amide bonds. The van der Waals surface area contributed by atoms with E-state index in [1.165, 1.54) is 5.56 Å². The number of hydrogen-bond acceptors (Lipinski definition) is 4. The molecule has 0 aromatic heterocycles. The lowest BCUT2D eigenvalue weighted by molar-refractivity contribution is 0.104. The summed E-state index contributed by atoms with van der Waals surface area (Å²) in [5, 5.41) is 0. The first kappa shape index (κ1) is 20.6. The highest BCUT2D eigenvalue weighted by Crippen LogP contribution is 2.33. The number of likely N-dealkylation sites (tertiary alicyclic amines) is 1. The number of carbonyl (C=O) groups excluding carboxylic acids is 1. The Labute approximate surface area is 189 Å². The molecule has 2 saturated heterocycles. The average molecular weight is 429 g/mol. The largest absolute Gasteiger partial charge is 0.457 e. The number of rotatable bonds is 6. The Bertz CT molecular complexity index is 1030. The second-order valence-electron chi connectivity index (χ2n) is 8.48. The summed E-state index contributed by atoms with van der Waals surface area (Å²) in [6.07, 6.45) is 1.74. The Morgan fingerprint density at radius 3 is 2.28 bits per heavy atom. The maximum Gasteiger partial charge on any atom is 0.410 e. The first-order valence-electron chi connectivity index (χ1n) is 11.3. The fourth-order valence-electron chi connectivity index (χ4n) is 4.71. The van der Waals surface area contributed by atoms with Gasteiger partial charge in [0.2, 0.25) is 0 Å². The van der Waals surface area contributed by atoms with E-state index in [-0.39, 0.29) is 18.2 Å². The molecule has 32 heavy (non-hydrogen) atoms. The van der Waals surface area contributed by atoms with E-state index in [0.717, 1.165) is 49.5 Å². The van der Waals surface area contributed by atoms with Crippen LogP contribution in [0.3, 0.4) is 0 Å². The first-order chi connectivity index (χ1) is 15.8. The molecular formula is C27H28N2O3. The second-order valence-corrected chi connectivity index (χ2v) is 8.48. The summed E-state index contributed by atoms with van der Waals surface area (Å²) < 4.78 is 11.4. The van der Waals surface area contributed by atoms with Crippen LogP contribution in [0.1, 0.15) is 30.0 Å². The second kappa shape index (κ2) is 9.45. The molecule has 0 radical (unpaired) electrons. The van der Waals surface area contributed by atoms with Crippen molar-refractivity contribution in [3.63, 3.8) is 0 Å². The molecule has 1 atom stereocenters. The highest BCUT2D eigenvalue weighted by atomic mass is 16.6. The van der Waals surface area contributed by atoms with Crippen molar-refractivity contribution >= 4 is 6.09 Å². The van der Waals surface area contributed by atoms with E-state index in [1.54, 1.807) is 0 Å². The molecule has 0 N–H and O–H groups in total. The van der Waals surface area contributed by atoms with Gasteiger partial charge in [-0.25, -0.2) is 4.79 Å². The van der Waals surface area contributed by atoms with E-state index < -0.39 is 0 Å². The number of nitrogens with zero attached hydrogens (tertiary/aromatic N) is 2. The molecule has 2 aliphatic rings. The maximum atomic E-state index is 12.5. The molecule has 2 heterocycles. The predicted molar refractivity (Wildman–Crippen MR) is 124 cm³/mol. The molecule has 0 aliphatic carbocycles. The van der Waals surface area contributed by atoms with Crippen molar-refractivity contribution in [1.29, 1.82) is 0 Å². The normalized spacial score (nSPS) is 19.7. The number of hydrogen-bond donors (Lipinski definition) is 0. The summed E-state index contributed by atoms with van der Waals surface area (Å²) in [7, 11) is 0. The van der Waals surface area contributed by atoms with Crippen LogP contribution >= 0.6 is 0 Å². The van der Waals surface area contributed by atoms with Crippen molar-refractivity contribution in [3.05, 3.63) is 96.1 Å². The van der Waals surface area contributed by atoms with E-state index in [0.29, 0.717) is 6.61 Å². The molecule has 0 spiro atoms. The summed E-state index contributed by atoms with van der Waals surface area (Å²) in [6.45, 7) is 3.24. The molecule has 5 nitrogen and oxygen atoms in total. The maximum absolute atomic E-state index is 12.5. The van der Waals surface area contributed by atoms with Gasteiger partial charge in [-0.3, -0.25) is 9.80 Å². The molecule has 3 aromatic rings. The molecule has 2 aliphatic heterocycles. The number of piperidine rings is 1. The van der Waals surface area contributed by atoms with Crippen molar-refractivity contribution in [3.8, 4) is 11.5 Å². The van der Waals surface area contributed by atoms with Gasteiger partial charge in [-0.2, -0.15) is 0 Å². The number of cyclic esters (lactones) is 1. The standard InChI is InChI=1S/C27H28N2O3/c30-27-29(26(20-31-27)22-9-3-1-4-10-22)23-14-16-28(17-15-23)19-21-8-7-13-25(18-21)32-24-11-5-2-6-12-24/h1-13,18,23,26H,14-17,19-20H2/t26-/m0/s1. The minimum absolute atomic E-state index is 0.0204. The smallest absolute Gasteiger partial charge is 0.410 e. The SMILES string of the molecule is O=C1OC[C@@H](c2ccccc2)N1C1CCN(Cc2cccc(Oc3ccccc3)c2)CC1. The molecule has 0 saturated carbocycles. The molecular weight excluding hydrogens is 400 g/mol. The number of ether oxygens (including phenoxy) is 2. The van der Waals surface area contributed by atoms with Gasteiger partial charge >= 0.3 is 6.09 Å². The number of benzene rings is 3. The third-order valence-corrected chi connectivity index (χ3v) is 6.33. The lowest BCUT2D eigenvalue weighted by Crippen LogP contribution is -2.45. The molecule has 3 aromatic carbocycles. The monoisotopic (exact) mass is 428 g/mol. The molecule has 0 unspecified atom stereocenters. The lowest BCUT2D eigenvalue weighted by atomic mass is 9.99. The van der Waals surface area contributed by atoms with Crippen molar-refractivity contribution in [2.75, 3.05) is 19.7 Å². The van der Waals surface area contributed by atoms with Crippen LogP contribution in [-0.2, 0) is 11.3 Å². The Kier molecular flexibility index (Phi) is 6.08. The Balaban J connectivity index is 1.19. The van der Waals surface area contributed by atoms with Crippen LogP contribution in [0.2, 0.25) is 0 Å². The Morgan fingerprint density at radius 2 is 1.53 bits per heavy atom. The molecule has 0 bridgehead atoms. The quantitative estimate of drug-likeness (QED) is 0.510. The molecule has 5 heteroatoms. The van der Waals surface area contributed by atoms with Crippen molar-refractivity contribution < 1.29 is 14.3 Å². The van der Waals surface area contributed by atoms with E-state index in [2.05, 4.69) is 29.2 Å². The third kappa shape index (κ3) is 4.63. The van der Waals surface area contributed by atoms with Crippen LogP contribution in [0, 0.1) is 0 Å². The molecule has 164 valence electrons. The molecule has 5 rings (SSSR count). The summed E-state index contributed by atoms with van der Waals surface area (Å²) >= 11 is 0. The van der Waals surface area contributed by atoms with Gasteiger partial charge in [-0.15, -0.1) is 0 Å². The Hall–Kier alpha value is -3.31. The van der Waals surface area contributed by atoms with Gasteiger partial charge in [0, 0.05) is 25.7 Å². The van der Waals surface area contributed by atoms with Crippen LogP contribution in [-0.4, -0.2) is 41.6 Å². The number of para-hydroxylation sites is 1. The van der Waals surface area contributed by atoms with Crippen molar-refractivity contribution in [1.82, 2.24) is 9.80 Å². The van der Waals surface area contributed by atoms with E-state index in [1.807, 2.05) is 65.6 Å². The van der Waals surface area contributed by atoms with Gasteiger partial charge < -0.3 is 9.47 Å². The lowest BCUT2D eigenvalue weighted by Gasteiger charge is -2.38. The molecule has 2 fully saturated rings. The van der Waals surface area contributed by atoms with Gasteiger partial charge in [-0.1, -0.05) is 60.7 Å². The van der Waals surface area contributed by atoms with Gasteiger partial charge in [0.1, 0.15) is 18.1 Å². The predicted octanol–water partition coefficient (Wildman–Crippen LogP) is 5.64. The highest BCUT2D eigenvalue weighted by molar-refractivity contribution is 5.71. The van der Waals surface area contributed by atoms with Crippen molar-refractivity contribution in [2.24, 2.45) is 0 Å². The van der Waals surface area contributed by atoms with Gasteiger partial charge in [0.15, 0.2) is 0 Å². The zero-order valence-electron chi connectivity index (χ0n) is 18.1. The zero-order chi connectivity index (χ0) is 21.8. The number of amides is 1. The van der Waals surface area contributed by atoms with E-state index in [4.69, 9.17) is 9.47 Å². The van der Waals surface area contributed by atoms with Crippen LogP contribution in [0.25, 0.3) is 0 Å². The van der Waals surface area contributed by atoms with Gasteiger partial charge in [0.05, 0.1) is 6.04 Å². The summed E-state index contributed by atoms with van der Waals surface area (Å²) in [5.41, 5.74) is 2.38. The topological polar surface area (TPSA) is 42.0 Å². The third-order valence-electron chi connectivity index (χ3n) is 6.33. The fraction of sp³-hybridized carbons (Fsp3) is 0.296. The Morgan fingerprint density at radius 1 is 0.844 bits per heavy atom. The highest BCUT2D eigenvalue weighted by Gasteiger charge is 2.40.